The summed E-state index contributed by atoms with van der Waals surface area (Å²) in [5, 5.41) is 20.2. The van der Waals surface area contributed by atoms with Crippen molar-refractivity contribution in [2.45, 2.75) is 45.1 Å². The number of hydrazone groups is 1. The second-order valence-corrected chi connectivity index (χ2v) is 11.8. The highest BCUT2D eigenvalue weighted by Crippen LogP contribution is 2.39. The van der Waals surface area contributed by atoms with E-state index in [-0.39, 0.29) is 18.2 Å². The highest BCUT2D eigenvalue weighted by molar-refractivity contribution is 7.17. The summed E-state index contributed by atoms with van der Waals surface area (Å²) >= 11 is 1.40. The Labute approximate surface area is 261 Å². The number of anilines is 2. The molecule has 1 amide bonds. The summed E-state index contributed by atoms with van der Waals surface area (Å²) in [6.45, 7) is 2.01. The Bertz CT molecular complexity index is 1770. The standard InChI is InChI=1S/C36H32N4O3S/c1-2-43-36(42)33-29-15-9-10-16-32(29)44-35(33)38-34(41)27(23-37)21-24-17-19-28(20-18-24)40-31(26-13-7-4-8-14-26)22-30(39-40)25-11-5-3-6-12-25/h3-8,11-14,17-21,31H,2,9-10,15-16,22H2,1H3,(H,38,41)/b27-21+. The summed E-state index contributed by atoms with van der Waals surface area (Å²) in [7, 11) is 0. The zero-order valence-corrected chi connectivity index (χ0v) is 25.3. The van der Waals surface area contributed by atoms with Gasteiger partial charge >= 0.3 is 5.97 Å². The Morgan fingerprint density at radius 2 is 1.73 bits per heavy atom. The zero-order chi connectivity index (χ0) is 30.5. The van der Waals surface area contributed by atoms with Crippen molar-refractivity contribution < 1.29 is 14.3 Å². The number of benzene rings is 3. The van der Waals surface area contributed by atoms with Gasteiger partial charge in [-0.05, 0) is 73.1 Å². The van der Waals surface area contributed by atoms with E-state index >= 15 is 0 Å². The molecule has 1 N–H and O–H groups in total. The van der Waals surface area contributed by atoms with E-state index in [0.717, 1.165) is 59.5 Å². The van der Waals surface area contributed by atoms with Gasteiger partial charge in [0.25, 0.3) is 5.91 Å². The first-order valence-electron chi connectivity index (χ1n) is 14.9. The number of nitrogens with zero attached hydrogens (tertiary/aromatic N) is 3. The monoisotopic (exact) mass is 600 g/mol. The molecule has 44 heavy (non-hydrogen) atoms. The van der Waals surface area contributed by atoms with Crippen molar-refractivity contribution in [1.29, 1.82) is 5.26 Å². The Kier molecular flexibility index (Phi) is 8.67. The van der Waals surface area contributed by atoms with Crippen LogP contribution in [0.3, 0.4) is 0 Å². The molecule has 2 aliphatic rings. The molecule has 1 aromatic heterocycles. The Morgan fingerprint density at radius 1 is 1.02 bits per heavy atom. The predicted molar refractivity (Wildman–Crippen MR) is 175 cm³/mol. The second kappa shape index (κ2) is 13.1. The van der Waals surface area contributed by atoms with E-state index in [1.165, 1.54) is 16.9 Å². The summed E-state index contributed by atoms with van der Waals surface area (Å²) < 4.78 is 5.30. The van der Waals surface area contributed by atoms with Crippen LogP contribution in [0.25, 0.3) is 6.08 Å². The number of carbonyl (C=O) groups is 2. The van der Waals surface area contributed by atoms with Crippen LogP contribution in [0.2, 0.25) is 0 Å². The Morgan fingerprint density at radius 3 is 2.43 bits per heavy atom. The number of ether oxygens (including phenoxy) is 1. The molecule has 0 saturated heterocycles. The van der Waals surface area contributed by atoms with Crippen molar-refractivity contribution >= 4 is 45.7 Å². The van der Waals surface area contributed by atoms with Crippen LogP contribution in [0.5, 0.6) is 0 Å². The maximum absolute atomic E-state index is 13.3. The summed E-state index contributed by atoms with van der Waals surface area (Å²) in [5.74, 6) is -0.990. The van der Waals surface area contributed by atoms with Crippen molar-refractivity contribution in [3.63, 3.8) is 0 Å². The van der Waals surface area contributed by atoms with E-state index < -0.39 is 11.9 Å². The van der Waals surface area contributed by atoms with Crippen molar-refractivity contribution in [2.75, 3.05) is 16.9 Å². The SMILES string of the molecule is CCOC(=O)c1c(NC(=O)/C(C#N)=C/c2ccc(N3N=C(c4ccccc4)CC3c3ccccc3)cc2)sc2c1CCCC2. The minimum atomic E-state index is -0.554. The third kappa shape index (κ3) is 6.05. The molecule has 0 radical (unpaired) electrons. The van der Waals surface area contributed by atoms with Gasteiger partial charge in [-0.25, -0.2) is 4.79 Å². The van der Waals surface area contributed by atoms with Gasteiger partial charge in [-0.1, -0.05) is 72.8 Å². The van der Waals surface area contributed by atoms with Crippen molar-refractivity contribution in [2.24, 2.45) is 5.10 Å². The van der Waals surface area contributed by atoms with Crippen LogP contribution in [-0.2, 0) is 22.4 Å². The van der Waals surface area contributed by atoms with Crippen LogP contribution in [0, 0.1) is 11.3 Å². The van der Waals surface area contributed by atoms with Gasteiger partial charge in [-0.3, -0.25) is 9.80 Å². The fourth-order valence-corrected chi connectivity index (χ4v) is 7.04. The fourth-order valence-electron chi connectivity index (χ4n) is 5.77. The predicted octanol–water partition coefficient (Wildman–Crippen LogP) is 7.70. The van der Waals surface area contributed by atoms with Crippen LogP contribution in [-0.4, -0.2) is 24.2 Å². The highest BCUT2D eigenvalue weighted by Gasteiger charge is 2.30. The average Bonchev–Trinajstić information content (AvgIpc) is 3.67. The second-order valence-electron chi connectivity index (χ2n) is 10.7. The summed E-state index contributed by atoms with van der Waals surface area (Å²) in [6.07, 6.45) is 6.02. The van der Waals surface area contributed by atoms with Gasteiger partial charge < -0.3 is 10.1 Å². The Hall–Kier alpha value is -5.00. The van der Waals surface area contributed by atoms with Crippen molar-refractivity contribution in [1.82, 2.24) is 0 Å². The molecule has 0 bridgehead atoms. The molecular formula is C36H32N4O3S. The van der Waals surface area contributed by atoms with Crippen molar-refractivity contribution in [3.05, 3.63) is 123 Å². The molecule has 4 aromatic rings. The minimum Gasteiger partial charge on any atom is -0.462 e. The van der Waals surface area contributed by atoms with Crippen LogP contribution in [0.15, 0.2) is 95.6 Å². The molecule has 6 rings (SSSR count). The topological polar surface area (TPSA) is 94.8 Å². The number of esters is 1. The van der Waals surface area contributed by atoms with E-state index in [4.69, 9.17) is 9.84 Å². The molecule has 3 aromatic carbocycles. The molecule has 8 heteroatoms. The largest absolute Gasteiger partial charge is 0.462 e. The smallest absolute Gasteiger partial charge is 0.341 e. The number of aryl methyl sites for hydroxylation is 1. The molecule has 1 unspecified atom stereocenters. The molecule has 0 saturated carbocycles. The van der Waals surface area contributed by atoms with Gasteiger partial charge in [-0.2, -0.15) is 10.4 Å². The first-order chi connectivity index (χ1) is 21.6. The molecule has 7 nitrogen and oxygen atoms in total. The average molecular weight is 601 g/mol. The fraction of sp³-hybridized carbons (Fsp3) is 0.222. The van der Waals surface area contributed by atoms with E-state index in [1.807, 2.05) is 71.7 Å². The lowest BCUT2D eigenvalue weighted by atomic mass is 9.95. The third-order valence-corrected chi connectivity index (χ3v) is 9.12. The first kappa shape index (κ1) is 29.1. The van der Waals surface area contributed by atoms with E-state index in [1.54, 1.807) is 13.0 Å². The lowest BCUT2D eigenvalue weighted by Crippen LogP contribution is -2.18. The summed E-state index contributed by atoms with van der Waals surface area (Å²) in [6, 6.07) is 30.3. The molecule has 0 spiro atoms. The van der Waals surface area contributed by atoms with Gasteiger partial charge in [0, 0.05) is 11.3 Å². The van der Waals surface area contributed by atoms with Crippen LogP contribution >= 0.6 is 11.3 Å². The van der Waals surface area contributed by atoms with Gasteiger partial charge in [-0.15, -0.1) is 11.3 Å². The van der Waals surface area contributed by atoms with Gasteiger partial charge in [0.1, 0.15) is 16.6 Å². The maximum atomic E-state index is 13.3. The summed E-state index contributed by atoms with van der Waals surface area (Å²) in [5.41, 5.74) is 6.24. The number of carbonyl (C=O) groups excluding carboxylic acids is 2. The first-order valence-corrected chi connectivity index (χ1v) is 15.7. The van der Waals surface area contributed by atoms with Crippen LogP contribution in [0.4, 0.5) is 10.7 Å². The van der Waals surface area contributed by atoms with Gasteiger partial charge in [0.05, 0.1) is 29.6 Å². The molecule has 1 aliphatic carbocycles. The molecule has 220 valence electrons. The lowest BCUT2D eigenvalue weighted by Gasteiger charge is -2.24. The van der Waals surface area contributed by atoms with Crippen molar-refractivity contribution in [3.8, 4) is 6.07 Å². The van der Waals surface area contributed by atoms with Gasteiger partial charge in [0.2, 0.25) is 0 Å². The molecule has 1 atom stereocenters. The minimum absolute atomic E-state index is 0.0402. The van der Waals surface area contributed by atoms with E-state index in [9.17, 15) is 14.9 Å². The number of thiophene rings is 1. The van der Waals surface area contributed by atoms with Crippen LogP contribution in [0.1, 0.15) is 69.7 Å². The van der Waals surface area contributed by atoms with E-state index in [2.05, 4.69) is 29.6 Å². The number of rotatable bonds is 8. The number of amides is 1. The number of hydrogen-bond donors (Lipinski definition) is 1. The number of fused-ring (bicyclic) bond motifs is 1. The maximum Gasteiger partial charge on any atom is 0.341 e. The lowest BCUT2D eigenvalue weighted by molar-refractivity contribution is -0.112. The number of hydrogen-bond acceptors (Lipinski definition) is 7. The zero-order valence-electron chi connectivity index (χ0n) is 24.5. The van der Waals surface area contributed by atoms with Crippen LogP contribution < -0.4 is 10.3 Å². The normalized spacial score (nSPS) is 16.1. The number of nitrogens with one attached hydrogen (secondary N) is 1. The highest BCUT2D eigenvalue weighted by atomic mass is 32.1. The van der Waals surface area contributed by atoms with Gasteiger partial charge in [0.15, 0.2) is 0 Å². The number of nitriles is 1. The molecule has 0 fully saturated rings. The van der Waals surface area contributed by atoms with E-state index in [0.29, 0.717) is 16.1 Å². The quantitative estimate of drug-likeness (QED) is 0.127. The third-order valence-electron chi connectivity index (χ3n) is 7.91. The molecule has 2 heterocycles. The molecular weight excluding hydrogens is 568 g/mol. The Balaban J connectivity index is 1.25. The molecule has 1 aliphatic heterocycles. The summed E-state index contributed by atoms with van der Waals surface area (Å²) in [4.78, 5) is 27.2.